The smallest absolute Gasteiger partial charge is 0.200 e. The molecule has 0 saturated carbocycles. The molecule has 0 spiro atoms. The van der Waals surface area contributed by atoms with Crippen molar-refractivity contribution < 1.29 is 79.0 Å². The van der Waals surface area contributed by atoms with Crippen LogP contribution in [0.2, 0.25) is 19.1 Å². The lowest BCUT2D eigenvalue weighted by atomic mass is 9.89. The van der Waals surface area contributed by atoms with E-state index in [0.717, 1.165) is 0 Å². The Hall–Kier alpha value is -4.56. The Bertz CT molecular complexity index is 2710. The van der Waals surface area contributed by atoms with Gasteiger partial charge in [-0.25, -0.2) is 0 Å². The lowest BCUT2D eigenvalue weighted by Gasteiger charge is -2.38. The predicted molar refractivity (Wildman–Crippen MR) is 215 cm³/mol. The first-order valence-corrected chi connectivity index (χ1v) is 24.7. The van der Waals surface area contributed by atoms with Crippen molar-refractivity contribution in [2.45, 2.75) is 79.9 Å². The average Bonchev–Trinajstić information content (AvgIpc) is 3.15. The molecule has 0 N–H and O–H groups in total. The minimum absolute atomic E-state index is 0.155. The molecule has 0 saturated heterocycles. The van der Waals surface area contributed by atoms with Crippen LogP contribution in [0, 0.1) is 22.6 Å². The summed E-state index contributed by atoms with van der Waals surface area (Å²) in [5.41, 5.74) is 3.14. The number of halogens is 18. The Kier molecular flexibility index (Phi) is 12.0. The van der Waals surface area contributed by atoms with Crippen LogP contribution in [0.3, 0.4) is 0 Å². The number of hydrogen-bond donors (Lipinski definition) is 0. The zero-order valence-corrected chi connectivity index (χ0v) is 35.0. The van der Waals surface area contributed by atoms with Crippen LogP contribution in [-0.2, 0) is 0 Å². The first-order chi connectivity index (χ1) is 28.3. The SMILES string of the molecule is C=S(C)(C)(C#Cc1c2cc3ccccc3cc2c(C#C[Si](C)(C)CCC(F)(F)C(F)(F)C(F)(F)C(F)(F)F)c2cc3ccccc3cc12)CCC(F)(F)C(F)(F)C(F)(F)C(F)(F)F. The van der Waals surface area contributed by atoms with E-state index >= 15 is 0 Å². The number of hydrogen-bond acceptors (Lipinski definition) is 0. The van der Waals surface area contributed by atoms with Gasteiger partial charge in [-0.1, -0.05) is 84.6 Å². The van der Waals surface area contributed by atoms with Crippen molar-refractivity contribution in [2.24, 2.45) is 0 Å². The van der Waals surface area contributed by atoms with Gasteiger partial charge in [0.2, 0.25) is 0 Å². The summed E-state index contributed by atoms with van der Waals surface area (Å²) >= 11 is 0. The molecule has 342 valence electrons. The van der Waals surface area contributed by atoms with Gasteiger partial charge in [-0.05, 0) is 91.7 Å². The summed E-state index contributed by atoms with van der Waals surface area (Å²) in [5.74, 6) is -31.0. The zero-order chi connectivity index (χ0) is 47.9. The zero-order valence-electron chi connectivity index (χ0n) is 33.2. The molecule has 0 bridgehead atoms. The van der Waals surface area contributed by atoms with E-state index in [1.807, 2.05) is 0 Å². The van der Waals surface area contributed by atoms with E-state index in [0.29, 0.717) is 32.3 Å². The third kappa shape index (κ3) is 9.08. The maximum Gasteiger partial charge on any atom is 0.460 e. The van der Waals surface area contributed by atoms with Crippen molar-refractivity contribution in [3.63, 3.8) is 0 Å². The fraction of sp³-hybridized carbons (Fsp3) is 0.372. The third-order valence-corrected chi connectivity index (χ3v) is 15.1. The molecule has 5 aromatic rings. The molecule has 0 unspecified atom stereocenters. The van der Waals surface area contributed by atoms with Crippen LogP contribution in [0.25, 0.3) is 43.1 Å². The lowest BCUT2D eigenvalue weighted by molar-refractivity contribution is -0.396. The quantitative estimate of drug-likeness (QED) is 0.0430. The summed E-state index contributed by atoms with van der Waals surface area (Å²) < 4.78 is 246. The maximum absolute atomic E-state index is 14.7. The van der Waals surface area contributed by atoms with Gasteiger partial charge in [0, 0.05) is 24.0 Å². The first kappa shape index (κ1) is 49.5. The molecule has 0 radical (unpaired) electrons. The van der Waals surface area contributed by atoms with E-state index in [-0.39, 0.29) is 21.9 Å². The van der Waals surface area contributed by atoms with Crippen molar-refractivity contribution >= 4 is 65.8 Å². The molecule has 0 heterocycles. The van der Waals surface area contributed by atoms with Crippen LogP contribution in [0.1, 0.15) is 24.0 Å². The molecule has 0 aliphatic heterocycles. The van der Waals surface area contributed by atoms with Gasteiger partial charge >= 0.3 is 47.9 Å². The molecular weight excluding hydrogens is 919 g/mol. The van der Waals surface area contributed by atoms with E-state index in [2.05, 4.69) is 28.5 Å². The lowest BCUT2D eigenvalue weighted by Crippen LogP contribution is -2.61. The van der Waals surface area contributed by atoms with Gasteiger partial charge in [0.25, 0.3) is 0 Å². The minimum atomic E-state index is -7.09. The summed E-state index contributed by atoms with van der Waals surface area (Å²) in [6.07, 6.45) is -15.9. The molecule has 0 aliphatic carbocycles. The second kappa shape index (κ2) is 15.3. The van der Waals surface area contributed by atoms with Crippen molar-refractivity contribution in [3.05, 3.63) is 83.9 Å². The molecule has 0 fully saturated rings. The van der Waals surface area contributed by atoms with E-state index in [9.17, 15) is 79.0 Å². The highest BCUT2D eigenvalue weighted by Crippen LogP contribution is 2.58. The normalized spacial score (nSPS) is 14.9. The van der Waals surface area contributed by atoms with Gasteiger partial charge in [0.05, 0.1) is 0 Å². The second-order valence-electron chi connectivity index (χ2n) is 16.7. The molecule has 5 aromatic carbocycles. The summed E-state index contributed by atoms with van der Waals surface area (Å²) in [6.45, 7) is 2.60. The Labute approximate surface area is 348 Å². The number of fused-ring (bicyclic) bond motifs is 4. The highest BCUT2D eigenvalue weighted by molar-refractivity contribution is 8.49. The van der Waals surface area contributed by atoms with Crippen LogP contribution in [-0.4, -0.2) is 80.1 Å². The molecule has 63 heavy (non-hydrogen) atoms. The monoisotopic (exact) mass is 952 g/mol. The molecule has 0 atom stereocenters. The van der Waals surface area contributed by atoms with Gasteiger partial charge in [-0.3, -0.25) is 0 Å². The largest absolute Gasteiger partial charge is 0.460 e. The van der Waals surface area contributed by atoms with Crippen molar-refractivity contribution in [1.82, 2.24) is 0 Å². The van der Waals surface area contributed by atoms with Crippen LogP contribution in [0.4, 0.5) is 79.0 Å². The molecule has 0 amide bonds. The summed E-state index contributed by atoms with van der Waals surface area (Å²) in [6, 6.07) is 19.0. The molecule has 0 aromatic heterocycles. The summed E-state index contributed by atoms with van der Waals surface area (Å²) in [5, 5.41) is 6.28. The molecule has 20 heteroatoms. The molecule has 0 nitrogen and oxygen atoms in total. The molecule has 5 rings (SSSR count). The van der Waals surface area contributed by atoms with E-state index < -0.39 is 89.4 Å². The standard InChI is InChI=1S/C43H34F18SSi/c1-62(2,3,19-16-36(44,45)38(48,49)40(52,53)42(56,57)58)18-14-30-32-22-26-10-6-8-12-28(26)24-34(32)31(35-25-29-13-9-7-11-27(29)23-33(30)35)15-20-63(4,5)21-17-37(46,47)39(50,51)41(54,55)43(59,60)61/h6-13,22-25H,1,16-17,19,21H2,2-5H3. The van der Waals surface area contributed by atoms with Crippen molar-refractivity contribution in [2.75, 3.05) is 18.3 Å². The van der Waals surface area contributed by atoms with E-state index in [4.69, 9.17) is 0 Å². The molecule has 0 aliphatic rings. The second-order valence-corrected chi connectivity index (χ2v) is 26.8. The predicted octanol–water partition coefficient (Wildman–Crippen LogP) is 15.0. The minimum Gasteiger partial charge on any atom is -0.200 e. The fourth-order valence-electron chi connectivity index (χ4n) is 6.49. The number of alkyl halides is 18. The Balaban J connectivity index is 1.70. The van der Waals surface area contributed by atoms with Crippen molar-refractivity contribution in [1.29, 1.82) is 0 Å². The first-order valence-electron chi connectivity index (χ1n) is 18.3. The fourth-order valence-corrected chi connectivity index (χ4v) is 9.48. The summed E-state index contributed by atoms with van der Waals surface area (Å²) in [4.78, 5) is 0. The average molecular weight is 953 g/mol. The highest BCUT2D eigenvalue weighted by Gasteiger charge is 2.82. The van der Waals surface area contributed by atoms with Gasteiger partial charge in [0.1, 0.15) is 8.07 Å². The Morgan fingerprint density at radius 1 is 0.492 bits per heavy atom. The maximum atomic E-state index is 14.7. The van der Waals surface area contributed by atoms with Gasteiger partial charge < -0.3 is 0 Å². The van der Waals surface area contributed by atoms with Crippen LogP contribution in [0.15, 0.2) is 72.8 Å². The van der Waals surface area contributed by atoms with Crippen LogP contribution in [0.5, 0.6) is 0 Å². The van der Waals surface area contributed by atoms with Gasteiger partial charge in [-0.15, -0.1) is 5.54 Å². The highest BCUT2D eigenvalue weighted by atomic mass is 32.3. The van der Waals surface area contributed by atoms with Gasteiger partial charge in [-0.2, -0.15) is 87.8 Å². The molecular formula is C43H34F18SSi. The Morgan fingerprint density at radius 3 is 1.14 bits per heavy atom. The number of rotatable bonds is 10. The van der Waals surface area contributed by atoms with Crippen LogP contribution < -0.4 is 0 Å². The van der Waals surface area contributed by atoms with E-state index in [1.54, 1.807) is 72.8 Å². The van der Waals surface area contributed by atoms with Crippen LogP contribution >= 0.6 is 8.75 Å². The topological polar surface area (TPSA) is 0 Å². The van der Waals surface area contributed by atoms with E-state index in [1.165, 1.54) is 25.6 Å². The summed E-state index contributed by atoms with van der Waals surface area (Å²) in [7, 11) is -7.51. The third-order valence-electron chi connectivity index (χ3n) is 10.5. The Morgan fingerprint density at radius 2 is 0.810 bits per heavy atom. The van der Waals surface area contributed by atoms with Crippen molar-refractivity contribution in [3.8, 4) is 22.6 Å². The van der Waals surface area contributed by atoms with Gasteiger partial charge in [0.15, 0.2) is 0 Å². The number of benzene rings is 5.